The molecule has 2 unspecified atom stereocenters. The number of benzene rings is 2. The van der Waals surface area contributed by atoms with E-state index in [1.807, 2.05) is 55.1 Å². The van der Waals surface area contributed by atoms with E-state index in [1.54, 1.807) is 0 Å². The summed E-state index contributed by atoms with van der Waals surface area (Å²) in [4.78, 5) is 19.0. The molecule has 6 nitrogen and oxygen atoms in total. The third-order valence-corrected chi connectivity index (χ3v) is 5.12. The Morgan fingerprint density at radius 3 is 2.38 bits per heavy atom. The molecule has 1 aliphatic rings. The smallest absolute Gasteiger partial charge is 0.254 e. The Hall–Kier alpha value is -2.86. The normalized spacial score (nSPS) is 19.9. The first-order chi connectivity index (χ1) is 13.8. The molecule has 29 heavy (non-hydrogen) atoms. The molecule has 3 rings (SSSR count). The van der Waals surface area contributed by atoms with Crippen LogP contribution in [0.3, 0.4) is 0 Å². The molecule has 0 aliphatic carbocycles. The number of aliphatic imine (C=N–C) groups is 1. The second kappa shape index (κ2) is 9.09. The van der Waals surface area contributed by atoms with Gasteiger partial charge < -0.3 is 20.7 Å². The molecule has 2 aromatic rings. The highest BCUT2D eigenvalue weighted by Crippen LogP contribution is 2.16. The number of aryl methyl sites for hydroxylation is 2. The van der Waals surface area contributed by atoms with Crippen molar-refractivity contribution in [2.45, 2.75) is 46.4 Å². The molecule has 0 radical (unpaired) electrons. The SMILES string of the molecule is Cc1ccc(NC(N)=NCc2ccc(C(=O)N3CC(C)OC(C)C3)cc2)cc1C. The first-order valence-corrected chi connectivity index (χ1v) is 9.99. The maximum Gasteiger partial charge on any atom is 0.254 e. The fourth-order valence-corrected chi connectivity index (χ4v) is 3.46. The highest BCUT2D eigenvalue weighted by molar-refractivity contribution is 5.94. The predicted molar refractivity (Wildman–Crippen MR) is 117 cm³/mol. The minimum absolute atomic E-state index is 0.0398. The number of rotatable bonds is 4. The molecule has 0 aromatic heterocycles. The number of ether oxygens (including phenoxy) is 1. The van der Waals surface area contributed by atoms with Gasteiger partial charge in [-0.1, -0.05) is 18.2 Å². The van der Waals surface area contributed by atoms with E-state index >= 15 is 0 Å². The summed E-state index contributed by atoms with van der Waals surface area (Å²) in [5.74, 6) is 0.405. The van der Waals surface area contributed by atoms with Gasteiger partial charge in [-0.15, -0.1) is 0 Å². The summed E-state index contributed by atoms with van der Waals surface area (Å²) < 4.78 is 5.70. The third-order valence-electron chi connectivity index (χ3n) is 5.12. The van der Waals surface area contributed by atoms with Crippen molar-refractivity contribution >= 4 is 17.6 Å². The van der Waals surface area contributed by atoms with E-state index < -0.39 is 0 Å². The van der Waals surface area contributed by atoms with Crippen LogP contribution in [-0.4, -0.2) is 42.1 Å². The molecule has 3 N–H and O–H groups in total. The number of guanidine groups is 1. The lowest BCUT2D eigenvalue weighted by Gasteiger charge is -2.35. The molecular weight excluding hydrogens is 364 g/mol. The van der Waals surface area contributed by atoms with Gasteiger partial charge in [-0.3, -0.25) is 4.79 Å². The summed E-state index contributed by atoms with van der Waals surface area (Å²) in [6, 6.07) is 13.6. The number of nitrogens with zero attached hydrogens (tertiary/aromatic N) is 2. The van der Waals surface area contributed by atoms with Crippen molar-refractivity contribution < 1.29 is 9.53 Å². The van der Waals surface area contributed by atoms with Crippen LogP contribution in [-0.2, 0) is 11.3 Å². The number of nitrogens with one attached hydrogen (secondary N) is 1. The summed E-state index contributed by atoms with van der Waals surface area (Å²) in [6.07, 6.45) is 0.119. The molecule has 2 aromatic carbocycles. The second-order valence-electron chi connectivity index (χ2n) is 7.79. The molecule has 1 saturated heterocycles. The molecule has 0 spiro atoms. The van der Waals surface area contributed by atoms with E-state index in [1.165, 1.54) is 11.1 Å². The number of hydrogen-bond acceptors (Lipinski definition) is 3. The highest BCUT2D eigenvalue weighted by Gasteiger charge is 2.26. The molecule has 0 bridgehead atoms. The second-order valence-corrected chi connectivity index (χ2v) is 7.79. The number of nitrogens with two attached hydrogens (primary N) is 1. The fourth-order valence-electron chi connectivity index (χ4n) is 3.46. The Morgan fingerprint density at radius 1 is 1.10 bits per heavy atom. The van der Waals surface area contributed by atoms with E-state index in [-0.39, 0.29) is 18.1 Å². The van der Waals surface area contributed by atoms with E-state index in [0.717, 1.165) is 11.3 Å². The van der Waals surface area contributed by atoms with Gasteiger partial charge in [0.05, 0.1) is 18.8 Å². The maximum atomic E-state index is 12.7. The van der Waals surface area contributed by atoms with Crippen LogP contribution in [0.5, 0.6) is 0 Å². The number of carbonyl (C=O) groups excluding carboxylic acids is 1. The van der Waals surface area contributed by atoms with Gasteiger partial charge >= 0.3 is 0 Å². The maximum absolute atomic E-state index is 12.7. The lowest BCUT2D eigenvalue weighted by Crippen LogP contribution is -2.48. The monoisotopic (exact) mass is 394 g/mol. The zero-order chi connectivity index (χ0) is 21.0. The summed E-state index contributed by atoms with van der Waals surface area (Å²) in [5.41, 5.74) is 11.0. The van der Waals surface area contributed by atoms with E-state index in [2.05, 4.69) is 30.2 Å². The van der Waals surface area contributed by atoms with Crippen molar-refractivity contribution in [2.75, 3.05) is 18.4 Å². The van der Waals surface area contributed by atoms with Crippen LogP contribution in [0.15, 0.2) is 47.5 Å². The van der Waals surface area contributed by atoms with Crippen LogP contribution < -0.4 is 11.1 Å². The van der Waals surface area contributed by atoms with Gasteiger partial charge in [0.25, 0.3) is 5.91 Å². The number of carbonyl (C=O) groups is 1. The Bertz CT molecular complexity index is 882. The third kappa shape index (κ3) is 5.57. The Balaban J connectivity index is 1.59. The summed E-state index contributed by atoms with van der Waals surface area (Å²) in [7, 11) is 0. The van der Waals surface area contributed by atoms with Crippen molar-refractivity contribution in [1.82, 2.24) is 4.90 Å². The number of morpholine rings is 1. The number of hydrogen-bond donors (Lipinski definition) is 2. The zero-order valence-electron chi connectivity index (χ0n) is 17.6. The average Bonchev–Trinajstić information content (AvgIpc) is 2.68. The molecule has 1 fully saturated rings. The topological polar surface area (TPSA) is 79.9 Å². The lowest BCUT2D eigenvalue weighted by molar-refractivity contribution is -0.0586. The van der Waals surface area contributed by atoms with E-state index in [4.69, 9.17) is 10.5 Å². The molecular formula is C23H30N4O2. The standard InChI is InChI=1S/C23H30N4O2/c1-15-5-10-21(11-16(15)2)26-23(24)25-12-19-6-8-20(9-7-19)22(28)27-13-17(3)29-18(4)14-27/h5-11,17-18H,12-14H2,1-4H3,(H3,24,25,26). The molecule has 2 atom stereocenters. The van der Waals surface area contributed by atoms with Gasteiger partial charge in [-0.2, -0.15) is 0 Å². The minimum Gasteiger partial charge on any atom is -0.372 e. The summed E-state index contributed by atoms with van der Waals surface area (Å²) >= 11 is 0. The van der Waals surface area contributed by atoms with Crippen LogP contribution in [0.4, 0.5) is 5.69 Å². The van der Waals surface area contributed by atoms with Crippen LogP contribution in [0.25, 0.3) is 0 Å². The van der Waals surface area contributed by atoms with Crippen molar-refractivity contribution in [3.05, 3.63) is 64.7 Å². The van der Waals surface area contributed by atoms with E-state index in [0.29, 0.717) is 31.2 Å². The summed E-state index contributed by atoms with van der Waals surface area (Å²) in [6.45, 7) is 9.82. The first kappa shape index (κ1) is 20.9. The number of anilines is 1. The lowest BCUT2D eigenvalue weighted by atomic mass is 10.1. The summed E-state index contributed by atoms with van der Waals surface area (Å²) in [5, 5.41) is 3.12. The van der Waals surface area contributed by atoms with Crippen molar-refractivity contribution in [2.24, 2.45) is 10.7 Å². The zero-order valence-corrected chi connectivity index (χ0v) is 17.6. The van der Waals surface area contributed by atoms with Gasteiger partial charge in [0, 0.05) is 24.3 Å². The van der Waals surface area contributed by atoms with Crippen molar-refractivity contribution in [3.63, 3.8) is 0 Å². The predicted octanol–water partition coefficient (Wildman–Crippen LogP) is 3.48. The van der Waals surface area contributed by atoms with Gasteiger partial charge in [-0.25, -0.2) is 4.99 Å². The Labute approximate surface area is 172 Å². The largest absolute Gasteiger partial charge is 0.372 e. The molecule has 6 heteroatoms. The first-order valence-electron chi connectivity index (χ1n) is 9.99. The molecule has 0 saturated carbocycles. The highest BCUT2D eigenvalue weighted by atomic mass is 16.5. The van der Waals surface area contributed by atoms with Crippen molar-refractivity contribution in [1.29, 1.82) is 0 Å². The van der Waals surface area contributed by atoms with Crippen LogP contribution in [0.2, 0.25) is 0 Å². The number of amides is 1. The fraction of sp³-hybridized carbons (Fsp3) is 0.391. The van der Waals surface area contributed by atoms with Gasteiger partial charge in [0.15, 0.2) is 5.96 Å². The molecule has 1 amide bonds. The Kier molecular flexibility index (Phi) is 6.54. The molecule has 1 heterocycles. The molecule has 1 aliphatic heterocycles. The van der Waals surface area contributed by atoms with Gasteiger partial charge in [0.2, 0.25) is 0 Å². The van der Waals surface area contributed by atoms with Crippen LogP contribution in [0, 0.1) is 13.8 Å². The van der Waals surface area contributed by atoms with Crippen LogP contribution in [0.1, 0.15) is 40.9 Å². The average molecular weight is 395 g/mol. The quantitative estimate of drug-likeness (QED) is 0.615. The molecule has 154 valence electrons. The Morgan fingerprint density at radius 2 is 1.76 bits per heavy atom. The van der Waals surface area contributed by atoms with Crippen molar-refractivity contribution in [3.8, 4) is 0 Å². The van der Waals surface area contributed by atoms with E-state index in [9.17, 15) is 4.79 Å². The van der Waals surface area contributed by atoms with Crippen LogP contribution >= 0.6 is 0 Å². The minimum atomic E-state index is 0.0398. The van der Waals surface area contributed by atoms with Gasteiger partial charge in [0.1, 0.15) is 0 Å². The van der Waals surface area contributed by atoms with Gasteiger partial charge in [-0.05, 0) is 68.7 Å².